The minimum Gasteiger partial charge on any atom is -0.481 e. The van der Waals surface area contributed by atoms with Crippen molar-refractivity contribution in [2.75, 3.05) is 32.7 Å². The van der Waals surface area contributed by atoms with Gasteiger partial charge in [-0.25, -0.2) is 0 Å². The van der Waals surface area contributed by atoms with E-state index < -0.39 is 5.97 Å². The highest BCUT2D eigenvalue weighted by molar-refractivity contribution is 5.66. The second kappa shape index (κ2) is 7.10. The first-order valence-electron chi connectivity index (χ1n) is 7.09. The van der Waals surface area contributed by atoms with Crippen molar-refractivity contribution in [2.45, 2.75) is 52.0 Å². The lowest BCUT2D eigenvalue weighted by Crippen LogP contribution is -2.43. The average molecular weight is 256 g/mol. The predicted octanol–water partition coefficient (Wildman–Crippen LogP) is 2.05. The molecule has 0 aliphatic carbocycles. The number of carbonyl (C=O) groups is 1. The summed E-state index contributed by atoms with van der Waals surface area (Å²) in [6.07, 6.45) is 4.04. The molecular formula is C14H28N2O2. The molecule has 1 rings (SSSR count). The van der Waals surface area contributed by atoms with E-state index in [-0.39, 0.29) is 12.0 Å². The lowest BCUT2D eigenvalue weighted by Gasteiger charge is -2.35. The minimum absolute atomic E-state index is 0.0560. The Hall–Kier alpha value is -0.610. The normalized spacial score (nSPS) is 17.6. The van der Waals surface area contributed by atoms with E-state index in [4.69, 9.17) is 5.11 Å². The third-order valence-corrected chi connectivity index (χ3v) is 3.65. The summed E-state index contributed by atoms with van der Waals surface area (Å²) in [6.45, 7) is 11.8. The maximum atomic E-state index is 10.7. The van der Waals surface area contributed by atoms with Crippen molar-refractivity contribution in [3.8, 4) is 0 Å². The Morgan fingerprint density at radius 2 is 1.83 bits per heavy atom. The van der Waals surface area contributed by atoms with E-state index in [1.54, 1.807) is 0 Å². The molecule has 0 bridgehead atoms. The molecule has 4 nitrogen and oxygen atoms in total. The molecule has 1 saturated heterocycles. The average Bonchev–Trinajstić information content (AvgIpc) is 2.73. The predicted molar refractivity (Wildman–Crippen MR) is 73.9 cm³/mol. The van der Waals surface area contributed by atoms with Gasteiger partial charge < -0.3 is 10.0 Å². The van der Waals surface area contributed by atoms with Gasteiger partial charge in [0.2, 0.25) is 0 Å². The number of hydrogen-bond donors (Lipinski definition) is 1. The standard InChI is InChI=1S/C14H28N2O2/c1-14(2,3)16(12-7-13(17)18)11-6-10-15-8-4-5-9-15/h4-12H2,1-3H3,(H,17,18). The van der Waals surface area contributed by atoms with Crippen molar-refractivity contribution >= 4 is 5.97 Å². The molecule has 1 aliphatic rings. The molecule has 0 aromatic rings. The van der Waals surface area contributed by atoms with Crippen molar-refractivity contribution in [3.63, 3.8) is 0 Å². The number of likely N-dealkylation sites (tertiary alicyclic amines) is 1. The van der Waals surface area contributed by atoms with Gasteiger partial charge in [-0.3, -0.25) is 9.69 Å². The van der Waals surface area contributed by atoms with E-state index in [0.29, 0.717) is 6.54 Å². The Morgan fingerprint density at radius 1 is 1.22 bits per heavy atom. The maximum Gasteiger partial charge on any atom is 0.304 e. The molecule has 0 aromatic carbocycles. The molecule has 0 unspecified atom stereocenters. The molecule has 0 amide bonds. The van der Waals surface area contributed by atoms with Gasteiger partial charge in [-0.05, 0) is 66.2 Å². The van der Waals surface area contributed by atoms with Crippen LogP contribution in [0.25, 0.3) is 0 Å². The van der Waals surface area contributed by atoms with Crippen molar-refractivity contribution < 1.29 is 9.90 Å². The van der Waals surface area contributed by atoms with Crippen molar-refractivity contribution in [1.29, 1.82) is 0 Å². The summed E-state index contributed by atoms with van der Waals surface area (Å²) in [6, 6.07) is 0. The molecule has 1 N–H and O–H groups in total. The van der Waals surface area contributed by atoms with Crippen molar-refractivity contribution in [2.24, 2.45) is 0 Å². The molecule has 0 aromatic heterocycles. The first kappa shape index (κ1) is 15.4. The number of rotatable bonds is 7. The molecule has 1 fully saturated rings. The van der Waals surface area contributed by atoms with E-state index >= 15 is 0 Å². The van der Waals surface area contributed by atoms with Crippen LogP contribution >= 0.6 is 0 Å². The molecule has 1 aliphatic heterocycles. The lowest BCUT2D eigenvalue weighted by atomic mass is 10.1. The Morgan fingerprint density at radius 3 is 2.33 bits per heavy atom. The van der Waals surface area contributed by atoms with E-state index in [0.717, 1.165) is 19.5 Å². The zero-order chi connectivity index (χ0) is 13.6. The maximum absolute atomic E-state index is 10.7. The van der Waals surface area contributed by atoms with Crippen LogP contribution in [0.2, 0.25) is 0 Å². The SMILES string of the molecule is CC(C)(C)N(CCCN1CCCC1)CCC(=O)O. The van der Waals surface area contributed by atoms with Gasteiger partial charge in [0.25, 0.3) is 0 Å². The van der Waals surface area contributed by atoms with Crippen LogP contribution in [0.15, 0.2) is 0 Å². The summed E-state index contributed by atoms with van der Waals surface area (Å²) >= 11 is 0. The fourth-order valence-corrected chi connectivity index (χ4v) is 2.50. The number of nitrogens with zero attached hydrogens (tertiary/aromatic N) is 2. The molecular weight excluding hydrogens is 228 g/mol. The zero-order valence-electron chi connectivity index (χ0n) is 12.1. The highest BCUT2D eigenvalue weighted by Gasteiger charge is 2.21. The molecule has 4 heteroatoms. The van der Waals surface area contributed by atoms with Gasteiger partial charge in [0.05, 0.1) is 6.42 Å². The Labute approximate surface area is 111 Å². The molecule has 1 heterocycles. The largest absolute Gasteiger partial charge is 0.481 e. The van der Waals surface area contributed by atoms with Crippen LogP contribution in [-0.4, -0.2) is 59.1 Å². The number of aliphatic carboxylic acids is 1. The van der Waals surface area contributed by atoms with E-state index in [2.05, 4.69) is 30.6 Å². The molecule has 106 valence electrons. The second-order valence-electron chi connectivity index (χ2n) is 6.20. The summed E-state index contributed by atoms with van der Waals surface area (Å²) < 4.78 is 0. The fraction of sp³-hybridized carbons (Fsp3) is 0.929. The molecule has 18 heavy (non-hydrogen) atoms. The first-order valence-corrected chi connectivity index (χ1v) is 7.09. The smallest absolute Gasteiger partial charge is 0.304 e. The van der Waals surface area contributed by atoms with Crippen LogP contribution < -0.4 is 0 Å². The Kier molecular flexibility index (Phi) is 6.09. The summed E-state index contributed by atoms with van der Waals surface area (Å²) in [5.41, 5.74) is 0.0560. The van der Waals surface area contributed by atoms with Gasteiger partial charge in [-0.2, -0.15) is 0 Å². The van der Waals surface area contributed by atoms with Gasteiger partial charge in [-0.15, -0.1) is 0 Å². The molecule has 0 atom stereocenters. The lowest BCUT2D eigenvalue weighted by molar-refractivity contribution is -0.137. The third kappa shape index (κ3) is 5.83. The van der Waals surface area contributed by atoms with Gasteiger partial charge in [0, 0.05) is 12.1 Å². The van der Waals surface area contributed by atoms with Crippen molar-refractivity contribution in [1.82, 2.24) is 9.80 Å². The number of hydrogen-bond acceptors (Lipinski definition) is 3. The third-order valence-electron chi connectivity index (χ3n) is 3.65. The van der Waals surface area contributed by atoms with E-state index in [1.165, 1.54) is 25.9 Å². The monoisotopic (exact) mass is 256 g/mol. The Balaban J connectivity index is 2.28. The van der Waals surface area contributed by atoms with Crippen LogP contribution in [0.3, 0.4) is 0 Å². The fourth-order valence-electron chi connectivity index (χ4n) is 2.50. The van der Waals surface area contributed by atoms with Crippen LogP contribution in [0, 0.1) is 0 Å². The highest BCUT2D eigenvalue weighted by atomic mass is 16.4. The van der Waals surface area contributed by atoms with Crippen LogP contribution in [0.1, 0.15) is 46.5 Å². The summed E-state index contributed by atoms with van der Waals surface area (Å²) in [5.74, 6) is -0.705. The summed E-state index contributed by atoms with van der Waals surface area (Å²) in [5, 5.41) is 8.79. The summed E-state index contributed by atoms with van der Waals surface area (Å²) in [7, 11) is 0. The molecule has 0 radical (unpaired) electrons. The van der Waals surface area contributed by atoms with E-state index in [9.17, 15) is 4.79 Å². The second-order valence-corrected chi connectivity index (χ2v) is 6.20. The number of carboxylic acids is 1. The van der Waals surface area contributed by atoms with Crippen LogP contribution in [0.4, 0.5) is 0 Å². The van der Waals surface area contributed by atoms with Crippen LogP contribution in [0.5, 0.6) is 0 Å². The van der Waals surface area contributed by atoms with E-state index in [1.807, 2.05) is 0 Å². The molecule has 0 saturated carbocycles. The van der Waals surface area contributed by atoms with Gasteiger partial charge in [0.15, 0.2) is 0 Å². The Bertz CT molecular complexity index is 255. The molecule has 0 spiro atoms. The van der Waals surface area contributed by atoms with Crippen molar-refractivity contribution in [3.05, 3.63) is 0 Å². The van der Waals surface area contributed by atoms with Crippen LogP contribution in [-0.2, 0) is 4.79 Å². The zero-order valence-corrected chi connectivity index (χ0v) is 12.1. The topological polar surface area (TPSA) is 43.8 Å². The number of carboxylic acid groups (broad SMARTS) is 1. The van der Waals surface area contributed by atoms with Gasteiger partial charge >= 0.3 is 5.97 Å². The highest BCUT2D eigenvalue weighted by Crippen LogP contribution is 2.15. The summed E-state index contributed by atoms with van der Waals surface area (Å²) in [4.78, 5) is 15.5. The van der Waals surface area contributed by atoms with Gasteiger partial charge in [-0.1, -0.05) is 0 Å². The van der Waals surface area contributed by atoms with Gasteiger partial charge in [0.1, 0.15) is 0 Å². The quantitative estimate of drug-likeness (QED) is 0.757. The first-order chi connectivity index (χ1) is 8.39. The minimum atomic E-state index is -0.705.